The fourth-order valence-electron chi connectivity index (χ4n) is 1.27. The Balaban J connectivity index is 2.58. The zero-order valence-corrected chi connectivity index (χ0v) is 7.70. The van der Waals surface area contributed by atoms with E-state index in [0.717, 1.165) is 0 Å². The summed E-state index contributed by atoms with van der Waals surface area (Å²) in [6.45, 7) is 0. The van der Waals surface area contributed by atoms with Gasteiger partial charge in [0.05, 0.1) is 11.1 Å². The summed E-state index contributed by atoms with van der Waals surface area (Å²) in [7, 11) is 0. The summed E-state index contributed by atoms with van der Waals surface area (Å²) in [5.41, 5.74) is 0.955. The summed E-state index contributed by atoms with van der Waals surface area (Å²) < 4.78 is 0. The van der Waals surface area contributed by atoms with Gasteiger partial charge in [0.2, 0.25) is 0 Å². The third kappa shape index (κ3) is 1.80. The lowest BCUT2D eigenvalue weighted by Gasteiger charge is -1.99. The van der Waals surface area contributed by atoms with E-state index in [0.29, 0.717) is 11.3 Å². The average molecular weight is 201 g/mol. The number of hydrogen-bond acceptors (Lipinski definition) is 4. The summed E-state index contributed by atoms with van der Waals surface area (Å²) in [6.07, 6.45) is 1.31. The molecular formula is C10H7N3O2. The molecule has 2 aromatic rings. The molecular weight excluding hydrogens is 194 g/mol. The van der Waals surface area contributed by atoms with Crippen molar-refractivity contribution in [3.63, 3.8) is 0 Å². The van der Waals surface area contributed by atoms with Crippen LogP contribution in [0.1, 0.15) is 0 Å². The molecule has 5 heteroatoms. The van der Waals surface area contributed by atoms with E-state index in [1.807, 2.05) is 6.07 Å². The predicted octanol–water partition coefficient (Wildman–Crippen LogP) is 2.05. The quantitative estimate of drug-likeness (QED) is 0.550. The molecule has 0 saturated carbocycles. The Kier molecular flexibility index (Phi) is 2.37. The van der Waals surface area contributed by atoms with Gasteiger partial charge in [-0.3, -0.25) is 10.1 Å². The fourth-order valence-corrected chi connectivity index (χ4v) is 1.27. The van der Waals surface area contributed by atoms with Gasteiger partial charge in [-0.05, 0) is 0 Å². The zero-order valence-electron chi connectivity index (χ0n) is 7.70. The van der Waals surface area contributed by atoms with Crippen LogP contribution in [0.15, 0.2) is 42.6 Å². The molecule has 0 saturated heterocycles. The second-order valence-electron chi connectivity index (χ2n) is 2.89. The van der Waals surface area contributed by atoms with E-state index in [1.54, 1.807) is 24.3 Å². The van der Waals surface area contributed by atoms with E-state index < -0.39 is 4.92 Å². The van der Waals surface area contributed by atoms with Crippen LogP contribution in [-0.2, 0) is 0 Å². The van der Waals surface area contributed by atoms with Gasteiger partial charge in [-0.15, -0.1) is 5.10 Å². The molecule has 1 heterocycles. The van der Waals surface area contributed by atoms with Gasteiger partial charge >= 0.3 is 0 Å². The minimum Gasteiger partial charge on any atom is -0.258 e. The van der Waals surface area contributed by atoms with Crippen LogP contribution in [0.5, 0.6) is 0 Å². The third-order valence-electron chi connectivity index (χ3n) is 1.94. The maximum Gasteiger partial charge on any atom is 0.298 e. The van der Waals surface area contributed by atoms with Crippen LogP contribution >= 0.6 is 0 Å². The van der Waals surface area contributed by atoms with Gasteiger partial charge in [0, 0.05) is 11.6 Å². The van der Waals surface area contributed by atoms with E-state index in [2.05, 4.69) is 10.2 Å². The molecule has 0 radical (unpaired) electrons. The largest absolute Gasteiger partial charge is 0.298 e. The van der Waals surface area contributed by atoms with Crippen LogP contribution in [0.3, 0.4) is 0 Å². The van der Waals surface area contributed by atoms with Crippen molar-refractivity contribution < 1.29 is 4.92 Å². The number of hydrogen-bond donors (Lipinski definition) is 0. The zero-order chi connectivity index (χ0) is 10.7. The first kappa shape index (κ1) is 9.26. The second-order valence-corrected chi connectivity index (χ2v) is 2.89. The number of nitro groups is 1. The number of benzene rings is 1. The van der Waals surface area contributed by atoms with Crippen molar-refractivity contribution in [2.24, 2.45) is 0 Å². The molecule has 0 amide bonds. The van der Waals surface area contributed by atoms with Crippen molar-refractivity contribution >= 4 is 5.69 Å². The number of aromatic nitrogens is 2. The van der Waals surface area contributed by atoms with Gasteiger partial charge < -0.3 is 0 Å². The smallest absolute Gasteiger partial charge is 0.258 e. The first-order valence-corrected chi connectivity index (χ1v) is 4.30. The lowest BCUT2D eigenvalue weighted by molar-refractivity contribution is -0.384. The molecule has 0 unspecified atom stereocenters. The Hall–Kier alpha value is -2.30. The average Bonchev–Trinajstić information content (AvgIpc) is 2.30. The second kappa shape index (κ2) is 3.83. The van der Waals surface area contributed by atoms with Gasteiger partial charge in [0.25, 0.3) is 5.69 Å². The summed E-state index contributed by atoms with van der Waals surface area (Å²) in [4.78, 5) is 10.3. The lowest BCUT2D eigenvalue weighted by atomic mass is 10.1. The summed E-state index contributed by atoms with van der Waals surface area (Å²) >= 11 is 0. The van der Waals surface area contributed by atoms with Crippen molar-refractivity contribution in [2.75, 3.05) is 0 Å². The molecule has 2 rings (SSSR count). The van der Waals surface area contributed by atoms with Crippen molar-refractivity contribution in [3.05, 3.63) is 52.7 Å². The van der Waals surface area contributed by atoms with E-state index in [9.17, 15) is 10.1 Å². The minimum absolute atomic E-state index is 0.0313. The summed E-state index contributed by atoms with van der Waals surface area (Å²) in [6, 6.07) is 10.3. The van der Waals surface area contributed by atoms with Crippen molar-refractivity contribution in [1.82, 2.24) is 10.2 Å². The molecule has 0 fully saturated rings. The molecule has 0 bridgehead atoms. The molecule has 0 atom stereocenters. The Morgan fingerprint density at radius 3 is 2.53 bits per heavy atom. The molecule has 15 heavy (non-hydrogen) atoms. The Labute approximate surface area is 85.5 Å². The van der Waals surface area contributed by atoms with Crippen LogP contribution in [0.2, 0.25) is 0 Å². The molecule has 0 aliphatic carbocycles. The highest BCUT2D eigenvalue weighted by molar-refractivity contribution is 5.68. The molecule has 0 N–H and O–H groups in total. The van der Waals surface area contributed by atoms with Gasteiger partial charge in [-0.2, -0.15) is 5.10 Å². The van der Waals surface area contributed by atoms with Crippen molar-refractivity contribution in [1.29, 1.82) is 0 Å². The van der Waals surface area contributed by atoms with Crippen LogP contribution in [0, 0.1) is 10.1 Å². The van der Waals surface area contributed by atoms with Gasteiger partial charge in [-0.25, -0.2) is 0 Å². The van der Waals surface area contributed by atoms with Crippen LogP contribution in [0.4, 0.5) is 5.69 Å². The fraction of sp³-hybridized carbons (Fsp3) is 0. The molecule has 0 spiro atoms. The van der Waals surface area contributed by atoms with Crippen LogP contribution < -0.4 is 0 Å². The number of nitrogens with zero attached hydrogens (tertiary/aromatic N) is 3. The monoisotopic (exact) mass is 201 g/mol. The SMILES string of the molecule is O=[N+]([O-])c1ccnnc1-c1ccccc1. The van der Waals surface area contributed by atoms with Crippen LogP contribution in [-0.4, -0.2) is 15.1 Å². The Morgan fingerprint density at radius 1 is 1.13 bits per heavy atom. The van der Waals surface area contributed by atoms with E-state index >= 15 is 0 Å². The van der Waals surface area contributed by atoms with Crippen LogP contribution in [0.25, 0.3) is 11.3 Å². The third-order valence-corrected chi connectivity index (χ3v) is 1.94. The Morgan fingerprint density at radius 2 is 1.87 bits per heavy atom. The molecule has 1 aromatic heterocycles. The topological polar surface area (TPSA) is 68.9 Å². The maximum absolute atomic E-state index is 10.7. The maximum atomic E-state index is 10.7. The summed E-state index contributed by atoms with van der Waals surface area (Å²) in [5, 5.41) is 18.2. The number of rotatable bonds is 2. The summed E-state index contributed by atoms with van der Waals surface area (Å²) in [5.74, 6) is 0. The predicted molar refractivity (Wildman–Crippen MR) is 54.1 cm³/mol. The molecule has 0 aliphatic heterocycles. The van der Waals surface area contributed by atoms with E-state index in [1.165, 1.54) is 12.3 Å². The van der Waals surface area contributed by atoms with E-state index in [4.69, 9.17) is 0 Å². The first-order valence-electron chi connectivity index (χ1n) is 4.30. The highest BCUT2D eigenvalue weighted by Gasteiger charge is 2.15. The highest BCUT2D eigenvalue weighted by atomic mass is 16.6. The minimum atomic E-state index is -0.461. The molecule has 74 valence electrons. The highest BCUT2D eigenvalue weighted by Crippen LogP contribution is 2.25. The molecule has 1 aromatic carbocycles. The molecule has 5 nitrogen and oxygen atoms in total. The molecule has 0 aliphatic rings. The lowest BCUT2D eigenvalue weighted by Crippen LogP contribution is -1.95. The normalized spacial score (nSPS) is 9.87. The van der Waals surface area contributed by atoms with Gasteiger partial charge in [0.1, 0.15) is 0 Å². The van der Waals surface area contributed by atoms with Gasteiger partial charge in [0.15, 0.2) is 5.69 Å². The van der Waals surface area contributed by atoms with Crippen molar-refractivity contribution in [3.8, 4) is 11.3 Å². The van der Waals surface area contributed by atoms with Crippen molar-refractivity contribution in [2.45, 2.75) is 0 Å². The standard InChI is InChI=1S/C10H7N3O2/c14-13(15)9-6-7-11-12-10(9)8-4-2-1-3-5-8/h1-7H. The first-order chi connectivity index (χ1) is 7.29. The van der Waals surface area contributed by atoms with Gasteiger partial charge in [-0.1, -0.05) is 30.3 Å². The Bertz CT molecular complexity index is 485. The van der Waals surface area contributed by atoms with E-state index in [-0.39, 0.29) is 5.69 Å².